The summed E-state index contributed by atoms with van der Waals surface area (Å²) >= 11 is 6.03. The molecule has 1 aromatic carbocycles. The Morgan fingerprint density at radius 3 is 2.71 bits per heavy atom. The lowest BCUT2D eigenvalue weighted by Crippen LogP contribution is -2.18. The van der Waals surface area contributed by atoms with E-state index < -0.39 is 0 Å². The number of aromatic nitrogens is 2. The van der Waals surface area contributed by atoms with Crippen LogP contribution in [0.4, 0.5) is 5.82 Å². The fourth-order valence-corrected chi connectivity index (χ4v) is 2.16. The van der Waals surface area contributed by atoms with Gasteiger partial charge in [0.25, 0.3) is 0 Å². The lowest BCUT2D eigenvalue weighted by atomic mass is 10.2. The normalized spacial score (nSPS) is 10.5. The van der Waals surface area contributed by atoms with E-state index in [-0.39, 0.29) is 0 Å². The Bertz CT molecular complexity index is 607. The quantitative estimate of drug-likeness (QED) is 0.768. The fourth-order valence-electron chi connectivity index (χ4n) is 1.97. The summed E-state index contributed by atoms with van der Waals surface area (Å²) in [6.45, 7) is 1.03. The summed E-state index contributed by atoms with van der Waals surface area (Å²) in [6.07, 6.45) is 0. The van der Waals surface area contributed by atoms with Gasteiger partial charge in [-0.3, -0.25) is 0 Å². The minimum absolute atomic E-state index is 0.334. The van der Waals surface area contributed by atoms with E-state index >= 15 is 0 Å². The van der Waals surface area contributed by atoms with Crippen molar-refractivity contribution in [3.63, 3.8) is 0 Å². The van der Waals surface area contributed by atoms with Gasteiger partial charge in [-0.2, -0.15) is 0 Å². The van der Waals surface area contributed by atoms with Crippen LogP contribution in [0.2, 0.25) is 5.15 Å². The molecule has 0 fully saturated rings. The SMILES string of the molecule is COCc1nc(Cl)cc(N(C)Cc2cccc(OC)c2)n1. The number of methoxy groups -OCH3 is 2. The van der Waals surface area contributed by atoms with Gasteiger partial charge in [-0.25, -0.2) is 9.97 Å². The van der Waals surface area contributed by atoms with Gasteiger partial charge in [0.15, 0.2) is 5.82 Å². The largest absolute Gasteiger partial charge is 0.497 e. The van der Waals surface area contributed by atoms with E-state index in [1.807, 2.05) is 36.2 Å². The molecule has 1 heterocycles. The van der Waals surface area contributed by atoms with Crippen LogP contribution in [-0.2, 0) is 17.9 Å². The molecular formula is C15H18ClN3O2. The van der Waals surface area contributed by atoms with Crippen LogP contribution in [0.5, 0.6) is 5.75 Å². The average Bonchev–Trinajstić information content (AvgIpc) is 2.47. The van der Waals surface area contributed by atoms with E-state index in [4.69, 9.17) is 21.1 Å². The highest BCUT2D eigenvalue weighted by Crippen LogP contribution is 2.19. The summed E-state index contributed by atoms with van der Waals surface area (Å²) in [6, 6.07) is 9.65. The van der Waals surface area contributed by atoms with Crippen LogP contribution in [0.25, 0.3) is 0 Å². The molecule has 0 saturated heterocycles. The van der Waals surface area contributed by atoms with Crippen molar-refractivity contribution in [3.05, 3.63) is 46.9 Å². The molecule has 0 saturated carbocycles. The standard InChI is InChI=1S/C15H18ClN3O2/c1-19(9-11-5-4-6-12(7-11)21-3)15-8-13(16)17-14(18-15)10-20-2/h4-8H,9-10H2,1-3H3. The van der Waals surface area contributed by atoms with Crippen molar-refractivity contribution in [2.24, 2.45) is 0 Å². The maximum Gasteiger partial charge on any atom is 0.158 e. The van der Waals surface area contributed by atoms with E-state index in [9.17, 15) is 0 Å². The van der Waals surface area contributed by atoms with E-state index in [1.165, 1.54) is 0 Å². The second kappa shape index (κ2) is 7.24. The Balaban J connectivity index is 2.17. The van der Waals surface area contributed by atoms with Crippen LogP contribution in [0, 0.1) is 0 Å². The third-order valence-corrected chi connectivity index (χ3v) is 3.14. The summed E-state index contributed by atoms with van der Waals surface area (Å²) in [5.41, 5.74) is 1.12. The lowest BCUT2D eigenvalue weighted by molar-refractivity contribution is 0.178. The first-order valence-electron chi connectivity index (χ1n) is 6.49. The molecule has 0 radical (unpaired) electrons. The molecule has 112 valence electrons. The Kier molecular flexibility index (Phi) is 5.36. The number of hydrogen-bond acceptors (Lipinski definition) is 5. The third kappa shape index (κ3) is 4.31. The molecule has 0 unspecified atom stereocenters. The Labute approximate surface area is 129 Å². The van der Waals surface area contributed by atoms with Gasteiger partial charge in [0.1, 0.15) is 23.3 Å². The first kappa shape index (κ1) is 15.5. The summed E-state index contributed by atoms with van der Waals surface area (Å²) < 4.78 is 10.3. The zero-order valence-corrected chi connectivity index (χ0v) is 13.1. The number of benzene rings is 1. The first-order chi connectivity index (χ1) is 10.1. The van der Waals surface area contributed by atoms with Crippen LogP contribution in [0.3, 0.4) is 0 Å². The smallest absolute Gasteiger partial charge is 0.158 e. The van der Waals surface area contributed by atoms with Gasteiger partial charge in [0.2, 0.25) is 0 Å². The molecule has 0 aliphatic carbocycles. The van der Waals surface area contributed by atoms with Gasteiger partial charge in [0, 0.05) is 26.8 Å². The van der Waals surface area contributed by atoms with Crippen molar-refractivity contribution in [1.29, 1.82) is 0 Å². The van der Waals surface area contributed by atoms with Crippen molar-refractivity contribution < 1.29 is 9.47 Å². The molecule has 0 aliphatic heterocycles. The molecule has 0 N–H and O–H groups in total. The highest BCUT2D eigenvalue weighted by atomic mass is 35.5. The molecule has 6 heteroatoms. The Hall–Kier alpha value is -1.85. The van der Waals surface area contributed by atoms with Crippen molar-refractivity contribution in [3.8, 4) is 5.75 Å². The molecule has 21 heavy (non-hydrogen) atoms. The van der Waals surface area contributed by atoms with Gasteiger partial charge in [-0.1, -0.05) is 23.7 Å². The second-order valence-corrected chi connectivity index (χ2v) is 4.99. The summed E-state index contributed by atoms with van der Waals surface area (Å²) in [5.74, 6) is 2.16. The lowest BCUT2D eigenvalue weighted by Gasteiger charge is -2.19. The zero-order valence-electron chi connectivity index (χ0n) is 12.3. The predicted molar refractivity (Wildman–Crippen MR) is 82.9 cm³/mol. The summed E-state index contributed by atoms with van der Waals surface area (Å²) in [4.78, 5) is 10.6. The zero-order chi connectivity index (χ0) is 15.2. The first-order valence-corrected chi connectivity index (χ1v) is 6.86. The van der Waals surface area contributed by atoms with E-state index in [2.05, 4.69) is 9.97 Å². The van der Waals surface area contributed by atoms with Crippen LogP contribution in [0.1, 0.15) is 11.4 Å². The maximum atomic E-state index is 6.03. The molecule has 0 bridgehead atoms. The molecule has 2 rings (SSSR count). The van der Waals surface area contributed by atoms with Crippen molar-refractivity contribution in [2.75, 3.05) is 26.2 Å². The van der Waals surface area contributed by atoms with Crippen molar-refractivity contribution in [2.45, 2.75) is 13.2 Å². The minimum Gasteiger partial charge on any atom is -0.497 e. The molecule has 0 amide bonds. The predicted octanol–water partition coefficient (Wildman–Crippen LogP) is 2.92. The Morgan fingerprint density at radius 1 is 1.19 bits per heavy atom. The van der Waals surface area contributed by atoms with Gasteiger partial charge in [-0.05, 0) is 17.7 Å². The third-order valence-electron chi connectivity index (χ3n) is 2.95. The van der Waals surface area contributed by atoms with Crippen molar-refractivity contribution >= 4 is 17.4 Å². The number of nitrogens with zero attached hydrogens (tertiary/aromatic N) is 3. The average molecular weight is 308 g/mol. The molecular weight excluding hydrogens is 290 g/mol. The highest BCUT2D eigenvalue weighted by Gasteiger charge is 2.09. The number of ether oxygens (including phenoxy) is 2. The number of anilines is 1. The van der Waals surface area contributed by atoms with Crippen molar-refractivity contribution in [1.82, 2.24) is 9.97 Å². The van der Waals surface area contributed by atoms with E-state index in [0.717, 1.165) is 17.1 Å². The van der Waals surface area contributed by atoms with Gasteiger partial charge >= 0.3 is 0 Å². The molecule has 1 aromatic heterocycles. The molecule has 2 aromatic rings. The van der Waals surface area contributed by atoms with Gasteiger partial charge < -0.3 is 14.4 Å². The topological polar surface area (TPSA) is 47.5 Å². The maximum absolute atomic E-state index is 6.03. The van der Waals surface area contributed by atoms with Gasteiger partial charge in [0.05, 0.1) is 7.11 Å². The summed E-state index contributed by atoms with van der Waals surface area (Å²) in [7, 11) is 5.21. The Morgan fingerprint density at radius 2 is 2.00 bits per heavy atom. The van der Waals surface area contributed by atoms with Crippen LogP contribution >= 0.6 is 11.6 Å². The number of hydrogen-bond donors (Lipinski definition) is 0. The highest BCUT2D eigenvalue weighted by molar-refractivity contribution is 6.29. The second-order valence-electron chi connectivity index (χ2n) is 4.61. The van der Waals surface area contributed by atoms with E-state index in [1.54, 1.807) is 20.3 Å². The minimum atomic E-state index is 0.334. The van der Waals surface area contributed by atoms with Crippen LogP contribution in [-0.4, -0.2) is 31.2 Å². The molecule has 0 spiro atoms. The van der Waals surface area contributed by atoms with Gasteiger partial charge in [-0.15, -0.1) is 0 Å². The monoisotopic (exact) mass is 307 g/mol. The molecule has 5 nitrogen and oxygen atoms in total. The molecule has 0 atom stereocenters. The van der Waals surface area contributed by atoms with Crippen LogP contribution < -0.4 is 9.64 Å². The van der Waals surface area contributed by atoms with E-state index in [0.29, 0.717) is 24.1 Å². The number of halogens is 1. The molecule has 0 aliphatic rings. The fraction of sp³-hybridized carbons (Fsp3) is 0.333. The summed E-state index contributed by atoms with van der Waals surface area (Å²) in [5, 5.41) is 0.407. The van der Waals surface area contributed by atoms with Crippen LogP contribution in [0.15, 0.2) is 30.3 Å². The number of rotatable bonds is 6.